The van der Waals surface area contributed by atoms with Crippen molar-refractivity contribution in [1.82, 2.24) is 14.8 Å². The molecule has 2 amide bonds. The first-order valence-electron chi connectivity index (χ1n) is 8.89. The number of nitrogens with one attached hydrogen (secondary N) is 2. The van der Waals surface area contributed by atoms with Crippen LogP contribution in [0.25, 0.3) is 5.69 Å². The van der Waals surface area contributed by atoms with Crippen molar-refractivity contribution in [2.75, 3.05) is 10.6 Å². The number of nitrogens with zero attached hydrogens (tertiary/aromatic N) is 3. The van der Waals surface area contributed by atoms with Gasteiger partial charge in [-0.3, -0.25) is 14.9 Å². The summed E-state index contributed by atoms with van der Waals surface area (Å²) in [5, 5.41) is 12.1. The van der Waals surface area contributed by atoms with Crippen LogP contribution < -0.4 is 10.6 Å². The number of hydrogen-bond donors (Lipinski definition) is 2. The van der Waals surface area contributed by atoms with Gasteiger partial charge in [-0.05, 0) is 24.3 Å². The molecule has 0 radical (unpaired) electrons. The molecule has 2 N–H and O–H groups in total. The second-order valence-electron chi connectivity index (χ2n) is 6.17. The number of para-hydroxylation sites is 1. The van der Waals surface area contributed by atoms with E-state index in [0.717, 1.165) is 5.69 Å². The fraction of sp³-hybridized carbons (Fsp3) is 0.0476. The quantitative estimate of drug-likeness (QED) is 0.513. The van der Waals surface area contributed by atoms with Gasteiger partial charge in [0, 0.05) is 23.2 Å². The summed E-state index contributed by atoms with van der Waals surface area (Å²) < 4.78 is 1.69. The first kappa shape index (κ1) is 18.6. The van der Waals surface area contributed by atoms with Crippen molar-refractivity contribution in [2.24, 2.45) is 0 Å². The van der Waals surface area contributed by atoms with Crippen LogP contribution in [0.2, 0.25) is 0 Å². The van der Waals surface area contributed by atoms with Gasteiger partial charge in [0.1, 0.15) is 0 Å². The zero-order valence-electron chi connectivity index (χ0n) is 15.3. The number of carbonyl (C=O) groups excluding carboxylic acids is 2. The predicted octanol–water partition coefficient (Wildman–Crippen LogP) is 3.76. The van der Waals surface area contributed by atoms with Gasteiger partial charge in [-0.2, -0.15) is 5.10 Å². The van der Waals surface area contributed by atoms with E-state index in [1.54, 1.807) is 46.6 Å². The molecule has 0 spiro atoms. The Morgan fingerprint density at radius 1 is 0.931 bits per heavy atom. The number of carbonyl (C=O) groups is 2. The lowest BCUT2D eigenvalue weighted by Crippen LogP contribution is -2.15. The second kappa shape index (κ2) is 8.49. The molecular weight excluding hydrogens is 386 g/mol. The third kappa shape index (κ3) is 4.74. The van der Waals surface area contributed by atoms with E-state index in [2.05, 4.69) is 20.7 Å². The summed E-state index contributed by atoms with van der Waals surface area (Å²) >= 11 is 1.28. The molecule has 0 bridgehead atoms. The number of aromatic nitrogens is 3. The number of thiazole rings is 1. The highest BCUT2D eigenvalue weighted by molar-refractivity contribution is 7.14. The van der Waals surface area contributed by atoms with Crippen LogP contribution in [0.4, 0.5) is 10.9 Å². The molecule has 0 aliphatic carbocycles. The number of benzene rings is 2. The van der Waals surface area contributed by atoms with Crippen LogP contribution >= 0.6 is 11.3 Å². The molecule has 7 nitrogen and oxygen atoms in total. The van der Waals surface area contributed by atoms with Crippen molar-refractivity contribution in [3.63, 3.8) is 0 Å². The van der Waals surface area contributed by atoms with E-state index in [-0.39, 0.29) is 18.2 Å². The van der Waals surface area contributed by atoms with Crippen LogP contribution in [0.5, 0.6) is 0 Å². The Bertz CT molecular complexity index is 1120. The molecule has 4 aromatic rings. The summed E-state index contributed by atoms with van der Waals surface area (Å²) in [6.45, 7) is 0. The van der Waals surface area contributed by atoms with Gasteiger partial charge < -0.3 is 5.32 Å². The summed E-state index contributed by atoms with van der Waals surface area (Å²) in [5.41, 5.74) is 2.04. The molecule has 29 heavy (non-hydrogen) atoms. The average Bonchev–Trinajstić information content (AvgIpc) is 3.39. The minimum absolute atomic E-state index is 0.0932. The SMILES string of the molecule is O=C(Cc1csc(NC(=O)c2ccccc2)n1)Nc1ccn(-c2ccccc2)n1. The average molecular weight is 403 g/mol. The van der Waals surface area contributed by atoms with Crippen molar-refractivity contribution in [1.29, 1.82) is 0 Å². The molecule has 2 heterocycles. The Labute approximate surface area is 171 Å². The minimum Gasteiger partial charge on any atom is -0.309 e. The lowest BCUT2D eigenvalue weighted by atomic mass is 10.2. The van der Waals surface area contributed by atoms with Gasteiger partial charge in [-0.25, -0.2) is 9.67 Å². The molecule has 0 aliphatic rings. The van der Waals surface area contributed by atoms with Gasteiger partial charge >= 0.3 is 0 Å². The fourth-order valence-electron chi connectivity index (χ4n) is 2.67. The molecular formula is C21H17N5O2S. The van der Waals surface area contributed by atoms with Crippen LogP contribution in [0.3, 0.4) is 0 Å². The maximum Gasteiger partial charge on any atom is 0.257 e. The van der Waals surface area contributed by atoms with E-state index in [4.69, 9.17) is 0 Å². The molecule has 0 unspecified atom stereocenters. The summed E-state index contributed by atoms with van der Waals surface area (Å²) in [6, 6.07) is 20.3. The Morgan fingerprint density at radius 2 is 1.66 bits per heavy atom. The van der Waals surface area contributed by atoms with Crippen LogP contribution in [-0.4, -0.2) is 26.6 Å². The zero-order valence-corrected chi connectivity index (χ0v) is 16.1. The van der Waals surface area contributed by atoms with Crippen molar-refractivity contribution in [2.45, 2.75) is 6.42 Å². The number of amides is 2. The van der Waals surface area contributed by atoms with Gasteiger partial charge in [-0.15, -0.1) is 11.3 Å². The number of anilines is 2. The Balaban J connectivity index is 1.34. The molecule has 2 aromatic carbocycles. The highest BCUT2D eigenvalue weighted by atomic mass is 32.1. The van der Waals surface area contributed by atoms with Gasteiger partial charge in [0.05, 0.1) is 17.8 Å². The van der Waals surface area contributed by atoms with Crippen LogP contribution in [0.15, 0.2) is 78.3 Å². The summed E-state index contributed by atoms with van der Waals surface area (Å²) in [5.74, 6) is 0.00337. The molecule has 2 aromatic heterocycles. The maximum atomic E-state index is 12.3. The first-order valence-corrected chi connectivity index (χ1v) is 9.77. The Hall–Kier alpha value is -3.78. The number of rotatable bonds is 6. The van der Waals surface area contributed by atoms with Crippen molar-refractivity contribution in [3.8, 4) is 5.69 Å². The Morgan fingerprint density at radius 3 is 2.41 bits per heavy atom. The molecule has 144 valence electrons. The monoisotopic (exact) mass is 403 g/mol. The normalized spacial score (nSPS) is 10.5. The van der Waals surface area contributed by atoms with Crippen LogP contribution in [-0.2, 0) is 11.2 Å². The fourth-order valence-corrected chi connectivity index (χ4v) is 3.38. The summed E-state index contributed by atoms with van der Waals surface area (Å²) in [6.07, 6.45) is 1.88. The van der Waals surface area contributed by atoms with Crippen LogP contribution in [0.1, 0.15) is 16.1 Å². The second-order valence-corrected chi connectivity index (χ2v) is 7.03. The largest absolute Gasteiger partial charge is 0.309 e. The minimum atomic E-state index is -0.234. The third-order valence-electron chi connectivity index (χ3n) is 4.03. The molecule has 0 aliphatic heterocycles. The zero-order chi connectivity index (χ0) is 20.1. The number of hydrogen-bond acceptors (Lipinski definition) is 5. The summed E-state index contributed by atoms with van der Waals surface area (Å²) in [7, 11) is 0. The van der Waals surface area contributed by atoms with E-state index in [0.29, 0.717) is 22.2 Å². The van der Waals surface area contributed by atoms with Gasteiger partial charge in [0.2, 0.25) is 5.91 Å². The lowest BCUT2D eigenvalue weighted by Gasteiger charge is -2.02. The molecule has 0 saturated heterocycles. The first-order chi connectivity index (χ1) is 14.2. The molecule has 0 atom stereocenters. The van der Waals surface area contributed by atoms with E-state index in [1.165, 1.54) is 11.3 Å². The topological polar surface area (TPSA) is 88.9 Å². The maximum absolute atomic E-state index is 12.3. The molecule has 0 saturated carbocycles. The standard InChI is InChI=1S/C21H17N5O2S/c27-19(23-18-11-12-26(25-18)17-9-5-2-6-10-17)13-16-14-29-21(22-16)24-20(28)15-7-3-1-4-8-15/h1-12,14H,13H2,(H,22,24,28)(H,23,25,27). The smallest absolute Gasteiger partial charge is 0.257 e. The van der Waals surface area contributed by atoms with Crippen molar-refractivity contribution < 1.29 is 9.59 Å². The van der Waals surface area contributed by atoms with Gasteiger partial charge in [0.15, 0.2) is 10.9 Å². The summed E-state index contributed by atoms with van der Waals surface area (Å²) in [4.78, 5) is 28.8. The van der Waals surface area contributed by atoms with E-state index in [9.17, 15) is 9.59 Å². The van der Waals surface area contributed by atoms with Gasteiger partial charge in [-0.1, -0.05) is 36.4 Å². The van der Waals surface area contributed by atoms with E-state index >= 15 is 0 Å². The third-order valence-corrected chi connectivity index (χ3v) is 4.83. The molecule has 0 fully saturated rings. The van der Waals surface area contributed by atoms with Crippen LogP contribution in [0, 0.1) is 0 Å². The van der Waals surface area contributed by atoms with Gasteiger partial charge in [0.25, 0.3) is 5.91 Å². The van der Waals surface area contributed by atoms with Crippen molar-refractivity contribution >= 4 is 34.1 Å². The van der Waals surface area contributed by atoms with E-state index in [1.807, 2.05) is 36.4 Å². The predicted molar refractivity (Wildman–Crippen MR) is 112 cm³/mol. The lowest BCUT2D eigenvalue weighted by molar-refractivity contribution is -0.115. The highest BCUT2D eigenvalue weighted by Gasteiger charge is 2.12. The Kier molecular flexibility index (Phi) is 5.44. The molecule has 4 rings (SSSR count). The highest BCUT2D eigenvalue weighted by Crippen LogP contribution is 2.17. The molecule has 8 heteroatoms. The van der Waals surface area contributed by atoms with Crippen molar-refractivity contribution in [3.05, 3.63) is 89.6 Å². The van der Waals surface area contributed by atoms with E-state index < -0.39 is 0 Å².